The average molecular weight is 432 g/mol. The van der Waals surface area contributed by atoms with Gasteiger partial charge in [0.1, 0.15) is 12.4 Å². The normalized spacial score (nSPS) is 25.8. The molecular formula is C24H37N3O4. The minimum Gasteiger partial charge on any atom is -0.491 e. The van der Waals surface area contributed by atoms with Gasteiger partial charge in [0.05, 0.1) is 11.7 Å². The third-order valence-corrected chi connectivity index (χ3v) is 6.37. The molecule has 3 rings (SSSR count). The Balaban J connectivity index is 1.90. The van der Waals surface area contributed by atoms with Crippen molar-refractivity contribution in [3.05, 3.63) is 23.8 Å². The van der Waals surface area contributed by atoms with Crippen LogP contribution in [0.2, 0.25) is 0 Å². The molecule has 0 unspecified atom stereocenters. The lowest BCUT2D eigenvalue weighted by Gasteiger charge is -2.36. The van der Waals surface area contributed by atoms with Gasteiger partial charge in [0.25, 0.3) is 5.91 Å². The second-order valence-corrected chi connectivity index (χ2v) is 9.11. The first-order chi connectivity index (χ1) is 14.8. The number of carbonyl (C=O) groups excluding carboxylic acids is 2. The van der Waals surface area contributed by atoms with Crippen LogP contribution >= 0.6 is 0 Å². The fourth-order valence-corrected chi connectivity index (χ4v) is 4.07. The largest absolute Gasteiger partial charge is 0.491 e. The molecule has 1 saturated carbocycles. The van der Waals surface area contributed by atoms with Crippen LogP contribution in [0.1, 0.15) is 50.4 Å². The molecular weight excluding hydrogens is 394 g/mol. The summed E-state index contributed by atoms with van der Waals surface area (Å²) in [4.78, 5) is 29.3. The molecule has 0 radical (unpaired) electrons. The van der Waals surface area contributed by atoms with E-state index >= 15 is 0 Å². The van der Waals surface area contributed by atoms with E-state index in [1.807, 2.05) is 0 Å². The quantitative estimate of drug-likeness (QED) is 0.775. The molecule has 0 spiro atoms. The van der Waals surface area contributed by atoms with E-state index in [1.165, 1.54) is 12.8 Å². The number of nitrogens with one attached hydrogen (secondary N) is 1. The zero-order chi connectivity index (χ0) is 22.5. The van der Waals surface area contributed by atoms with Gasteiger partial charge in [0, 0.05) is 51.9 Å². The number of benzene rings is 1. The molecule has 2 amide bonds. The monoisotopic (exact) mass is 431 g/mol. The molecule has 7 nitrogen and oxygen atoms in total. The molecule has 1 heterocycles. The average Bonchev–Trinajstić information content (AvgIpc) is 3.58. The van der Waals surface area contributed by atoms with Crippen LogP contribution in [0.4, 0.5) is 5.69 Å². The predicted molar refractivity (Wildman–Crippen MR) is 122 cm³/mol. The second kappa shape index (κ2) is 10.5. The SMILES string of the molecule is CCC(=O)Nc1ccc2c(c1)C(=O)N(C)C[C@H](OC)[C@@H](C)CN(CC1CC1)[C@H](C)CO2. The number of hydrogen-bond donors (Lipinski definition) is 1. The Bertz CT molecular complexity index is 780. The van der Waals surface area contributed by atoms with Gasteiger partial charge >= 0.3 is 0 Å². The third-order valence-electron chi connectivity index (χ3n) is 6.37. The topological polar surface area (TPSA) is 71.1 Å². The summed E-state index contributed by atoms with van der Waals surface area (Å²) in [5.41, 5.74) is 1.06. The molecule has 1 aromatic rings. The molecule has 3 atom stereocenters. The van der Waals surface area contributed by atoms with Gasteiger partial charge < -0.3 is 19.7 Å². The lowest BCUT2D eigenvalue weighted by molar-refractivity contribution is -0.115. The van der Waals surface area contributed by atoms with Crippen LogP contribution in [-0.2, 0) is 9.53 Å². The van der Waals surface area contributed by atoms with Crippen molar-refractivity contribution >= 4 is 17.5 Å². The first-order valence-electron chi connectivity index (χ1n) is 11.4. The summed E-state index contributed by atoms with van der Waals surface area (Å²) in [6.45, 7) is 9.16. The van der Waals surface area contributed by atoms with Crippen molar-refractivity contribution in [1.29, 1.82) is 0 Å². The number of amides is 2. The lowest BCUT2D eigenvalue weighted by Crippen LogP contribution is -2.47. The second-order valence-electron chi connectivity index (χ2n) is 9.11. The summed E-state index contributed by atoms with van der Waals surface area (Å²) in [5.74, 6) is 1.37. The summed E-state index contributed by atoms with van der Waals surface area (Å²) in [6.07, 6.45) is 2.93. The van der Waals surface area contributed by atoms with E-state index in [-0.39, 0.29) is 29.9 Å². The zero-order valence-corrected chi connectivity index (χ0v) is 19.5. The molecule has 0 bridgehead atoms. The molecule has 1 aliphatic carbocycles. The highest BCUT2D eigenvalue weighted by atomic mass is 16.5. The Morgan fingerprint density at radius 3 is 2.65 bits per heavy atom. The maximum Gasteiger partial charge on any atom is 0.257 e. The van der Waals surface area contributed by atoms with Crippen molar-refractivity contribution < 1.29 is 19.1 Å². The number of rotatable bonds is 5. The van der Waals surface area contributed by atoms with E-state index in [0.29, 0.717) is 36.6 Å². The van der Waals surface area contributed by atoms with Gasteiger partial charge in [-0.2, -0.15) is 0 Å². The number of fused-ring (bicyclic) bond motifs is 1. The number of carbonyl (C=O) groups is 2. The number of ether oxygens (including phenoxy) is 2. The molecule has 0 aromatic heterocycles. The highest BCUT2D eigenvalue weighted by Crippen LogP contribution is 2.31. The minimum atomic E-state index is -0.139. The number of anilines is 1. The number of likely N-dealkylation sites (N-methyl/N-ethyl adjacent to an activating group) is 1. The summed E-state index contributed by atoms with van der Waals surface area (Å²) >= 11 is 0. The van der Waals surface area contributed by atoms with Crippen molar-refractivity contribution in [2.45, 2.75) is 52.2 Å². The summed E-state index contributed by atoms with van der Waals surface area (Å²) < 4.78 is 12.0. The van der Waals surface area contributed by atoms with Crippen LogP contribution < -0.4 is 10.1 Å². The van der Waals surface area contributed by atoms with Crippen LogP contribution in [0, 0.1) is 11.8 Å². The summed E-state index contributed by atoms with van der Waals surface area (Å²) in [6, 6.07) is 5.51. The van der Waals surface area contributed by atoms with Gasteiger partial charge in [-0.25, -0.2) is 0 Å². The Hall–Kier alpha value is -2.12. The van der Waals surface area contributed by atoms with Crippen molar-refractivity contribution in [2.75, 3.05) is 45.7 Å². The van der Waals surface area contributed by atoms with Gasteiger partial charge in [-0.05, 0) is 49.8 Å². The van der Waals surface area contributed by atoms with Crippen molar-refractivity contribution in [3.63, 3.8) is 0 Å². The van der Waals surface area contributed by atoms with E-state index in [1.54, 1.807) is 44.2 Å². The Labute approximate surface area is 186 Å². The van der Waals surface area contributed by atoms with Crippen molar-refractivity contribution in [2.24, 2.45) is 11.8 Å². The number of nitrogens with zero attached hydrogens (tertiary/aromatic N) is 2. The fraction of sp³-hybridized carbons (Fsp3) is 0.667. The summed E-state index contributed by atoms with van der Waals surface area (Å²) in [7, 11) is 3.51. The Morgan fingerprint density at radius 1 is 1.26 bits per heavy atom. The predicted octanol–water partition coefficient (Wildman–Crippen LogP) is 3.25. The van der Waals surface area contributed by atoms with E-state index in [9.17, 15) is 9.59 Å². The Kier molecular flexibility index (Phi) is 7.94. The maximum absolute atomic E-state index is 13.3. The van der Waals surface area contributed by atoms with Crippen LogP contribution in [0.15, 0.2) is 18.2 Å². The Morgan fingerprint density at radius 2 is 2.00 bits per heavy atom. The molecule has 1 N–H and O–H groups in total. The molecule has 1 aliphatic heterocycles. The van der Waals surface area contributed by atoms with Gasteiger partial charge in [-0.1, -0.05) is 13.8 Å². The summed E-state index contributed by atoms with van der Waals surface area (Å²) in [5, 5.41) is 2.84. The number of methoxy groups -OCH3 is 1. The van der Waals surface area contributed by atoms with E-state index in [2.05, 4.69) is 24.1 Å². The zero-order valence-electron chi connectivity index (χ0n) is 19.5. The lowest BCUT2D eigenvalue weighted by atomic mass is 10.0. The van der Waals surface area contributed by atoms with Crippen molar-refractivity contribution in [3.8, 4) is 5.75 Å². The van der Waals surface area contributed by atoms with Crippen LogP contribution in [-0.4, -0.2) is 74.2 Å². The van der Waals surface area contributed by atoms with Gasteiger partial charge in [-0.15, -0.1) is 0 Å². The van der Waals surface area contributed by atoms with E-state index < -0.39 is 0 Å². The molecule has 172 valence electrons. The molecule has 1 aromatic carbocycles. The van der Waals surface area contributed by atoms with Crippen LogP contribution in [0.3, 0.4) is 0 Å². The van der Waals surface area contributed by atoms with Gasteiger partial charge in [0.15, 0.2) is 0 Å². The number of hydrogen-bond acceptors (Lipinski definition) is 5. The van der Waals surface area contributed by atoms with Gasteiger partial charge in [0.2, 0.25) is 5.91 Å². The molecule has 1 fully saturated rings. The van der Waals surface area contributed by atoms with Crippen LogP contribution in [0.25, 0.3) is 0 Å². The minimum absolute atomic E-state index is 0.0605. The standard InChI is InChI=1S/C24H37N3O4/c1-6-23(28)25-19-9-10-21-20(11-19)24(29)26(4)14-22(30-5)16(2)12-27(13-18-7-8-18)17(3)15-31-21/h9-11,16-18,22H,6-8,12-15H2,1-5H3,(H,25,28)/t16-,17+,22-/m0/s1. The van der Waals surface area contributed by atoms with E-state index in [0.717, 1.165) is 19.0 Å². The first-order valence-corrected chi connectivity index (χ1v) is 11.4. The smallest absolute Gasteiger partial charge is 0.257 e. The molecule has 31 heavy (non-hydrogen) atoms. The highest BCUT2D eigenvalue weighted by molar-refractivity contribution is 5.99. The highest BCUT2D eigenvalue weighted by Gasteiger charge is 2.31. The maximum atomic E-state index is 13.3. The fourth-order valence-electron chi connectivity index (χ4n) is 4.07. The van der Waals surface area contributed by atoms with Crippen molar-refractivity contribution in [1.82, 2.24) is 9.80 Å². The van der Waals surface area contributed by atoms with E-state index in [4.69, 9.17) is 9.47 Å². The van der Waals surface area contributed by atoms with Crippen LogP contribution in [0.5, 0.6) is 5.75 Å². The molecule has 0 saturated heterocycles. The first kappa shape index (κ1) is 23.5. The molecule has 2 aliphatic rings. The molecule has 7 heteroatoms. The van der Waals surface area contributed by atoms with Gasteiger partial charge in [-0.3, -0.25) is 14.5 Å². The third kappa shape index (κ3) is 6.20.